The molecule has 7 heteroatoms. The average molecular weight is 387 g/mol. The maximum absolute atomic E-state index is 11.9. The van der Waals surface area contributed by atoms with Crippen molar-refractivity contribution in [3.05, 3.63) is 50.8 Å². The Morgan fingerprint density at radius 2 is 2.21 bits per heavy atom. The predicted octanol–water partition coefficient (Wildman–Crippen LogP) is 3.15. The van der Waals surface area contributed by atoms with Crippen molar-refractivity contribution in [3.63, 3.8) is 0 Å². The van der Waals surface area contributed by atoms with Gasteiger partial charge in [-0.15, -0.1) is 0 Å². The normalized spacial score (nSPS) is 10.8. The first-order valence-electron chi connectivity index (χ1n) is 5.19. The largest absolute Gasteiger partial charge is 0.463 e. The van der Waals surface area contributed by atoms with Crippen LogP contribution in [0.2, 0.25) is 0 Å². The van der Waals surface area contributed by atoms with E-state index < -0.39 is 5.91 Å². The lowest BCUT2D eigenvalue weighted by Gasteiger charge is -2.06. The number of amides is 1. The summed E-state index contributed by atoms with van der Waals surface area (Å²) in [6.07, 6.45) is 2.92. The molecule has 2 rings (SSSR count). The molecule has 1 aromatic heterocycles. The highest BCUT2D eigenvalue weighted by molar-refractivity contribution is 9.11. The van der Waals surface area contributed by atoms with Crippen LogP contribution in [0.3, 0.4) is 0 Å². The number of halogens is 2. The van der Waals surface area contributed by atoms with Crippen LogP contribution in [0.4, 0.5) is 5.69 Å². The van der Waals surface area contributed by atoms with Crippen LogP contribution in [0.15, 0.2) is 49.0 Å². The van der Waals surface area contributed by atoms with Gasteiger partial charge in [-0.2, -0.15) is 5.10 Å². The number of nitrogens with one attached hydrogen (secondary N) is 1. The first-order chi connectivity index (χ1) is 9.08. The maximum Gasteiger partial charge on any atom is 0.273 e. The smallest absolute Gasteiger partial charge is 0.273 e. The Hall–Kier alpha value is -1.60. The summed E-state index contributed by atoms with van der Waals surface area (Å²) in [5.41, 5.74) is 8.89. The summed E-state index contributed by atoms with van der Waals surface area (Å²) in [6.45, 7) is 0. The monoisotopic (exact) mass is 385 g/mol. The molecule has 0 fully saturated rings. The molecule has 19 heavy (non-hydrogen) atoms. The molecule has 0 bridgehead atoms. The summed E-state index contributed by atoms with van der Waals surface area (Å²) >= 11 is 6.57. The Bertz CT molecular complexity index is 624. The molecule has 0 saturated heterocycles. The predicted molar refractivity (Wildman–Crippen MR) is 80.0 cm³/mol. The number of hydrazone groups is 1. The lowest BCUT2D eigenvalue weighted by atomic mass is 10.2. The molecule has 2 aromatic rings. The molecule has 0 radical (unpaired) electrons. The lowest BCUT2D eigenvalue weighted by Crippen LogP contribution is -2.19. The fourth-order valence-electron chi connectivity index (χ4n) is 1.35. The number of benzene rings is 1. The van der Waals surface area contributed by atoms with Crippen molar-refractivity contribution in [2.24, 2.45) is 5.10 Å². The zero-order valence-corrected chi connectivity index (χ0v) is 12.7. The van der Waals surface area contributed by atoms with Crippen LogP contribution >= 0.6 is 31.9 Å². The summed E-state index contributed by atoms with van der Waals surface area (Å²) in [5, 5.41) is 3.79. The number of nitrogens with two attached hydrogens (primary N) is 1. The maximum atomic E-state index is 11.9. The minimum absolute atomic E-state index is 0.331. The van der Waals surface area contributed by atoms with Gasteiger partial charge in [0.15, 0.2) is 0 Å². The molecule has 0 atom stereocenters. The van der Waals surface area contributed by atoms with E-state index in [0.29, 0.717) is 21.5 Å². The number of hydrogen-bond acceptors (Lipinski definition) is 4. The zero-order valence-electron chi connectivity index (χ0n) is 9.56. The number of carbonyl (C=O) groups is 1. The summed E-state index contributed by atoms with van der Waals surface area (Å²) < 4.78 is 6.43. The van der Waals surface area contributed by atoms with E-state index in [1.54, 1.807) is 24.3 Å². The molecule has 98 valence electrons. The third-order valence-corrected chi connectivity index (χ3v) is 3.35. The third-order valence-electron chi connectivity index (χ3n) is 2.24. The number of rotatable bonds is 3. The van der Waals surface area contributed by atoms with Crippen LogP contribution in [0, 0.1) is 0 Å². The van der Waals surface area contributed by atoms with Gasteiger partial charge in [-0.1, -0.05) is 15.9 Å². The van der Waals surface area contributed by atoms with E-state index in [9.17, 15) is 4.79 Å². The molecule has 0 spiro atoms. The molecule has 0 unspecified atom stereocenters. The second kappa shape index (κ2) is 6.03. The molecule has 0 aliphatic heterocycles. The van der Waals surface area contributed by atoms with Crippen molar-refractivity contribution in [1.29, 1.82) is 0 Å². The minimum atomic E-state index is -0.401. The highest BCUT2D eigenvalue weighted by Gasteiger charge is 2.12. The molecule has 3 N–H and O–H groups in total. The van der Waals surface area contributed by atoms with Crippen LogP contribution in [-0.4, -0.2) is 12.1 Å². The number of carbonyl (C=O) groups excluding carboxylic acids is 1. The Morgan fingerprint density at radius 3 is 2.89 bits per heavy atom. The molecule has 0 aliphatic rings. The van der Waals surface area contributed by atoms with Crippen molar-refractivity contribution in [1.82, 2.24) is 5.43 Å². The Balaban J connectivity index is 2.12. The Labute approximate surface area is 126 Å². The van der Waals surface area contributed by atoms with Crippen molar-refractivity contribution in [2.75, 3.05) is 5.73 Å². The van der Waals surface area contributed by atoms with Gasteiger partial charge in [0.25, 0.3) is 5.91 Å². The van der Waals surface area contributed by atoms with Crippen LogP contribution in [-0.2, 0) is 0 Å². The molecule has 1 amide bonds. The summed E-state index contributed by atoms with van der Waals surface area (Å²) in [7, 11) is 0. The Morgan fingerprint density at radius 1 is 1.42 bits per heavy atom. The number of anilines is 1. The SMILES string of the molecule is Nc1c(Br)cc(Br)cc1C(=O)N/N=C/c1ccco1. The van der Waals surface area contributed by atoms with Gasteiger partial charge in [-0.25, -0.2) is 5.43 Å². The van der Waals surface area contributed by atoms with Crippen LogP contribution in [0.1, 0.15) is 16.1 Å². The first-order valence-corrected chi connectivity index (χ1v) is 6.78. The number of furan rings is 1. The quantitative estimate of drug-likeness (QED) is 0.483. The molecule has 5 nitrogen and oxygen atoms in total. The van der Waals surface area contributed by atoms with Gasteiger partial charge >= 0.3 is 0 Å². The zero-order chi connectivity index (χ0) is 13.8. The fraction of sp³-hybridized carbons (Fsp3) is 0. The minimum Gasteiger partial charge on any atom is -0.463 e. The van der Waals surface area contributed by atoms with Gasteiger partial charge in [0, 0.05) is 8.95 Å². The number of nitrogen functional groups attached to an aromatic ring is 1. The second-order valence-corrected chi connectivity index (χ2v) is 5.33. The summed E-state index contributed by atoms with van der Waals surface area (Å²) in [6, 6.07) is 6.84. The molecular formula is C12H9Br2N3O2. The highest BCUT2D eigenvalue weighted by Crippen LogP contribution is 2.28. The standard InChI is InChI=1S/C12H9Br2N3O2/c13-7-4-9(11(15)10(14)5-7)12(18)17-16-6-8-2-1-3-19-8/h1-6H,15H2,(H,17,18)/b16-6+. The van der Waals surface area contributed by atoms with E-state index >= 15 is 0 Å². The number of hydrogen-bond donors (Lipinski definition) is 2. The van der Waals surface area contributed by atoms with Gasteiger partial charge < -0.3 is 10.2 Å². The topological polar surface area (TPSA) is 80.6 Å². The van der Waals surface area contributed by atoms with Crippen LogP contribution < -0.4 is 11.2 Å². The van der Waals surface area contributed by atoms with Crippen LogP contribution in [0.25, 0.3) is 0 Å². The van der Waals surface area contributed by atoms with E-state index in [-0.39, 0.29) is 0 Å². The van der Waals surface area contributed by atoms with Crippen molar-refractivity contribution in [2.45, 2.75) is 0 Å². The lowest BCUT2D eigenvalue weighted by molar-refractivity contribution is 0.0956. The average Bonchev–Trinajstić information content (AvgIpc) is 2.86. The van der Waals surface area contributed by atoms with Gasteiger partial charge in [-0.3, -0.25) is 4.79 Å². The fourth-order valence-corrected chi connectivity index (χ4v) is 2.58. The molecule has 0 aliphatic carbocycles. The Kier molecular flexibility index (Phi) is 4.39. The van der Waals surface area contributed by atoms with E-state index in [2.05, 4.69) is 42.4 Å². The van der Waals surface area contributed by atoms with Crippen molar-refractivity contribution >= 4 is 49.7 Å². The first kappa shape index (κ1) is 13.8. The summed E-state index contributed by atoms with van der Waals surface area (Å²) in [4.78, 5) is 11.9. The molecule has 1 heterocycles. The molecular weight excluding hydrogens is 378 g/mol. The van der Waals surface area contributed by atoms with Crippen LogP contribution in [0.5, 0.6) is 0 Å². The highest BCUT2D eigenvalue weighted by atomic mass is 79.9. The molecule has 1 aromatic carbocycles. The van der Waals surface area contributed by atoms with Crippen molar-refractivity contribution < 1.29 is 9.21 Å². The van der Waals surface area contributed by atoms with Gasteiger partial charge in [0.05, 0.1) is 23.7 Å². The van der Waals surface area contributed by atoms with E-state index in [4.69, 9.17) is 10.2 Å². The van der Waals surface area contributed by atoms with E-state index in [1.807, 2.05) is 0 Å². The van der Waals surface area contributed by atoms with E-state index in [0.717, 1.165) is 4.47 Å². The molecule has 0 saturated carbocycles. The van der Waals surface area contributed by atoms with E-state index in [1.165, 1.54) is 12.5 Å². The van der Waals surface area contributed by atoms with Gasteiger partial charge in [-0.05, 0) is 40.2 Å². The van der Waals surface area contributed by atoms with Gasteiger partial charge in [0.1, 0.15) is 5.76 Å². The summed E-state index contributed by atoms with van der Waals surface area (Å²) in [5.74, 6) is 0.144. The third kappa shape index (κ3) is 3.45. The van der Waals surface area contributed by atoms with Crippen molar-refractivity contribution in [3.8, 4) is 0 Å². The number of nitrogens with zero attached hydrogens (tertiary/aromatic N) is 1. The second-order valence-electron chi connectivity index (χ2n) is 3.56. The van der Waals surface area contributed by atoms with Gasteiger partial charge in [0.2, 0.25) is 0 Å².